The number of ether oxygens (including phenoxy) is 3. The molecule has 148 valence electrons. The summed E-state index contributed by atoms with van der Waals surface area (Å²) < 4.78 is 15.1. The topological polar surface area (TPSA) is 183 Å². The molecule has 1 fully saturated rings. The number of aliphatic hydroxyl groups is 3. The maximum absolute atomic E-state index is 12.1. The maximum atomic E-state index is 12.1. The second kappa shape index (κ2) is 9.01. The van der Waals surface area contributed by atoms with Gasteiger partial charge in [0.2, 0.25) is 0 Å². The van der Waals surface area contributed by atoms with Crippen LogP contribution in [0.4, 0.5) is 4.79 Å². The molecule has 26 heavy (non-hydrogen) atoms. The molecule has 4 unspecified atom stereocenters. The van der Waals surface area contributed by atoms with Crippen molar-refractivity contribution in [1.82, 2.24) is 5.32 Å². The van der Waals surface area contributed by atoms with E-state index in [1.165, 1.54) is 0 Å². The molecule has 12 heteroatoms. The second-order valence-corrected chi connectivity index (χ2v) is 6.67. The minimum absolute atomic E-state index is 0.363. The third-order valence-corrected chi connectivity index (χ3v) is 3.53. The van der Waals surface area contributed by atoms with Gasteiger partial charge in [-0.05, 0) is 26.3 Å². The molecule has 12 nitrogen and oxygen atoms in total. The molecule has 1 heterocycles. The quantitative estimate of drug-likeness (QED) is 0.208. The lowest BCUT2D eigenvalue weighted by atomic mass is 9.91. The molecule has 1 aliphatic rings. The zero-order valence-electron chi connectivity index (χ0n) is 14.9. The minimum atomic E-state index is -1.73. The van der Waals surface area contributed by atoms with E-state index in [-0.39, 0.29) is 6.54 Å². The summed E-state index contributed by atoms with van der Waals surface area (Å²) in [5.41, 5.74) is 7.54. The Morgan fingerprint density at radius 3 is 2.38 bits per heavy atom. The molecule has 4 N–H and O–H groups in total. The van der Waals surface area contributed by atoms with Gasteiger partial charge in [0.15, 0.2) is 6.04 Å². The third-order valence-electron chi connectivity index (χ3n) is 3.53. The van der Waals surface area contributed by atoms with Gasteiger partial charge in [0.25, 0.3) is 0 Å². The van der Waals surface area contributed by atoms with Crippen molar-refractivity contribution in [2.24, 2.45) is 5.11 Å². The number of carbonyl (C=O) groups is 2. The van der Waals surface area contributed by atoms with E-state index in [2.05, 4.69) is 20.1 Å². The maximum Gasteiger partial charge on any atom is 0.408 e. The number of hydrogen-bond acceptors (Lipinski definition) is 9. The third kappa shape index (κ3) is 5.71. The molecule has 1 saturated heterocycles. The van der Waals surface area contributed by atoms with Gasteiger partial charge in [-0.3, -0.25) is 0 Å². The summed E-state index contributed by atoms with van der Waals surface area (Å²) in [6.07, 6.45) is -8.66. The van der Waals surface area contributed by atoms with Crippen LogP contribution in [0.2, 0.25) is 0 Å². The molecule has 0 aromatic heterocycles. The van der Waals surface area contributed by atoms with Crippen molar-refractivity contribution in [2.75, 3.05) is 13.7 Å². The van der Waals surface area contributed by atoms with E-state index in [0.29, 0.717) is 0 Å². The molecule has 6 atom stereocenters. The van der Waals surface area contributed by atoms with E-state index in [1.54, 1.807) is 20.8 Å². The van der Waals surface area contributed by atoms with Gasteiger partial charge < -0.3 is 34.8 Å². The predicted octanol–water partition coefficient (Wildman–Crippen LogP) is -0.787. The number of amides is 1. The molecule has 0 aromatic carbocycles. The number of carbonyl (C=O) groups excluding carboxylic acids is 2. The van der Waals surface area contributed by atoms with Crippen molar-refractivity contribution >= 4 is 12.1 Å². The average Bonchev–Trinajstić information content (AvgIpc) is 2.55. The van der Waals surface area contributed by atoms with Gasteiger partial charge in [-0.2, -0.15) is 0 Å². The lowest BCUT2D eigenvalue weighted by Crippen LogP contribution is -2.65. The number of methoxy groups -OCH3 is 1. The number of nitrogens with zero attached hydrogens (tertiary/aromatic N) is 3. The largest absolute Gasteiger partial charge is 0.467 e. The average molecular weight is 376 g/mol. The van der Waals surface area contributed by atoms with E-state index < -0.39 is 54.2 Å². The first kappa shape index (κ1) is 21.9. The Kier molecular flexibility index (Phi) is 7.60. The number of hydrogen-bond donors (Lipinski definition) is 4. The molecular weight excluding hydrogens is 352 g/mol. The number of esters is 1. The van der Waals surface area contributed by atoms with Gasteiger partial charge in [0, 0.05) is 4.91 Å². The normalized spacial score (nSPS) is 29.9. The van der Waals surface area contributed by atoms with Gasteiger partial charge >= 0.3 is 12.1 Å². The smallest absolute Gasteiger partial charge is 0.408 e. The highest BCUT2D eigenvalue weighted by molar-refractivity contribution is 5.82. The molecule has 1 rings (SSSR count). The van der Waals surface area contributed by atoms with Crippen molar-refractivity contribution in [3.05, 3.63) is 10.4 Å². The van der Waals surface area contributed by atoms with Crippen LogP contribution in [0.3, 0.4) is 0 Å². The van der Waals surface area contributed by atoms with Crippen LogP contribution in [0.25, 0.3) is 10.4 Å². The Labute approximate surface area is 149 Å². The van der Waals surface area contributed by atoms with Gasteiger partial charge in [0.1, 0.15) is 30.0 Å². The van der Waals surface area contributed by atoms with Crippen molar-refractivity contribution in [2.45, 2.75) is 62.9 Å². The predicted molar refractivity (Wildman–Crippen MR) is 85.9 cm³/mol. The zero-order chi connectivity index (χ0) is 20.1. The number of alkyl carbamates (subject to hydrolysis) is 1. The first-order valence-corrected chi connectivity index (χ1v) is 7.79. The summed E-state index contributed by atoms with van der Waals surface area (Å²) in [4.78, 5) is 26.6. The summed E-state index contributed by atoms with van der Waals surface area (Å²) in [6.45, 7) is 4.48. The Morgan fingerprint density at radius 2 is 1.88 bits per heavy atom. The van der Waals surface area contributed by atoms with Crippen LogP contribution in [-0.4, -0.2) is 83.2 Å². The molecule has 0 bridgehead atoms. The fourth-order valence-corrected chi connectivity index (χ4v) is 2.36. The van der Waals surface area contributed by atoms with Gasteiger partial charge in [-0.15, -0.1) is 0 Å². The van der Waals surface area contributed by atoms with Crippen LogP contribution in [0.15, 0.2) is 5.11 Å². The first-order valence-electron chi connectivity index (χ1n) is 7.79. The number of rotatable bonds is 5. The number of azide groups is 1. The monoisotopic (exact) mass is 376 g/mol. The summed E-state index contributed by atoms with van der Waals surface area (Å²) in [5, 5.41) is 35.6. The molecule has 0 radical (unpaired) electrons. The van der Waals surface area contributed by atoms with E-state index in [1.807, 2.05) is 0 Å². The Morgan fingerprint density at radius 1 is 1.27 bits per heavy atom. The summed E-state index contributed by atoms with van der Waals surface area (Å²) in [7, 11) is 1.06. The number of nitrogens with one attached hydrogen (secondary N) is 1. The highest BCUT2D eigenvalue weighted by atomic mass is 16.6. The zero-order valence-corrected chi connectivity index (χ0v) is 14.9. The fraction of sp³-hybridized carbons (Fsp3) is 0.857. The van der Waals surface area contributed by atoms with Crippen molar-refractivity contribution in [1.29, 1.82) is 0 Å². The van der Waals surface area contributed by atoms with E-state index >= 15 is 0 Å². The summed E-state index contributed by atoms with van der Waals surface area (Å²) in [5.74, 6) is -0.967. The Bertz CT molecular complexity index is 560. The van der Waals surface area contributed by atoms with Crippen molar-refractivity contribution < 1.29 is 39.1 Å². The van der Waals surface area contributed by atoms with Gasteiger partial charge in [-0.1, -0.05) is 5.11 Å². The van der Waals surface area contributed by atoms with Crippen molar-refractivity contribution in [3.63, 3.8) is 0 Å². The van der Waals surface area contributed by atoms with Crippen molar-refractivity contribution in [3.8, 4) is 0 Å². The van der Waals surface area contributed by atoms with E-state index in [4.69, 9.17) is 15.0 Å². The van der Waals surface area contributed by atoms with Crippen LogP contribution in [0.5, 0.6) is 0 Å². The first-order chi connectivity index (χ1) is 12.0. The molecule has 0 spiro atoms. The Hall–Kier alpha value is -2.11. The van der Waals surface area contributed by atoms with E-state index in [0.717, 1.165) is 7.11 Å². The lowest BCUT2D eigenvalue weighted by molar-refractivity contribution is -0.227. The van der Waals surface area contributed by atoms with Crippen LogP contribution in [0, 0.1) is 0 Å². The summed E-state index contributed by atoms with van der Waals surface area (Å²) >= 11 is 0. The summed E-state index contributed by atoms with van der Waals surface area (Å²) in [6, 6.07) is -1.54. The SMILES string of the molecule is COC(=O)C(NC(=O)OC(C)(C)C)[C@@H]1OC(CN=[N+]=[N-])[C@@H](O)C(O)C1O. The molecule has 0 aliphatic carbocycles. The fourth-order valence-electron chi connectivity index (χ4n) is 2.36. The minimum Gasteiger partial charge on any atom is -0.467 e. The van der Waals surface area contributed by atoms with Crippen LogP contribution in [-0.2, 0) is 19.0 Å². The lowest BCUT2D eigenvalue weighted by Gasteiger charge is -2.42. The highest BCUT2D eigenvalue weighted by Crippen LogP contribution is 2.24. The van der Waals surface area contributed by atoms with Crippen LogP contribution in [0.1, 0.15) is 20.8 Å². The molecule has 1 aliphatic heterocycles. The van der Waals surface area contributed by atoms with Crippen LogP contribution < -0.4 is 5.32 Å². The van der Waals surface area contributed by atoms with Gasteiger partial charge in [-0.25, -0.2) is 9.59 Å². The van der Waals surface area contributed by atoms with E-state index in [9.17, 15) is 24.9 Å². The highest BCUT2D eigenvalue weighted by Gasteiger charge is 2.49. The molecular formula is C14H24N4O8. The second-order valence-electron chi connectivity index (χ2n) is 6.67. The van der Waals surface area contributed by atoms with Crippen LogP contribution >= 0.6 is 0 Å². The number of aliphatic hydroxyl groups excluding tert-OH is 3. The molecule has 1 amide bonds. The van der Waals surface area contributed by atoms with Gasteiger partial charge in [0.05, 0.1) is 19.8 Å². The molecule has 0 aromatic rings. The standard InChI is InChI=1S/C14H24N4O8/c1-14(2,3)26-13(23)17-7(12(22)24-4)11-10(21)9(20)8(19)6(25-11)5-16-18-15/h6-11,19-21H,5H2,1-4H3,(H,17,23)/t6?,7?,8-,9?,10?,11+/m1/s1. The Balaban J connectivity index is 3.04. The molecule has 0 saturated carbocycles.